The third kappa shape index (κ3) is 4.23. The van der Waals surface area contributed by atoms with Crippen LogP contribution in [0.4, 0.5) is 0 Å². The molecule has 4 rings (SSSR count). The molecule has 1 amide bonds. The summed E-state index contributed by atoms with van der Waals surface area (Å²) in [5.41, 5.74) is 2.22. The van der Waals surface area contributed by atoms with Gasteiger partial charge in [-0.25, -0.2) is 4.98 Å². The van der Waals surface area contributed by atoms with E-state index in [1.807, 2.05) is 18.5 Å². The Bertz CT molecular complexity index is 764. The number of hydrogen-bond donors (Lipinski definition) is 0. The van der Waals surface area contributed by atoms with Crippen LogP contribution in [0, 0.1) is 18.8 Å². The molecule has 144 valence electrons. The molecule has 2 aromatic heterocycles. The van der Waals surface area contributed by atoms with Crippen molar-refractivity contribution in [3.05, 3.63) is 36.4 Å². The number of aryl methyl sites for hydroxylation is 1. The van der Waals surface area contributed by atoms with Crippen molar-refractivity contribution in [2.24, 2.45) is 11.8 Å². The van der Waals surface area contributed by atoms with Crippen LogP contribution < -0.4 is 0 Å². The van der Waals surface area contributed by atoms with Gasteiger partial charge in [-0.15, -0.1) is 0 Å². The molecule has 0 bridgehead atoms. The van der Waals surface area contributed by atoms with Crippen molar-refractivity contribution in [1.29, 1.82) is 0 Å². The molecule has 0 aromatic carbocycles. The standard InChI is InChI=1S/C22H30N4O/c1-17-13-24-22(20-7-4-11-23-14-20)26(17)16-19-10-12-25(15-19)21(27)9-8-18-5-2-3-6-18/h4,7,11,13-14,18-19H,2-3,5-6,8-10,12,15-16H2,1H3. The second-order valence-corrected chi connectivity index (χ2v) is 8.26. The molecule has 3 heterocycles. The smallest absolute Gasteiger partial charge is 0.222 e. The summed E-state index contributed by atoms with van der Waals surface area (Å²) in [6, 6.07) is 4.00. The summed E-state index contributed by atoms with van der Waals surface area (Å²) in [4.78, 5) is 23.5. The van der Waals surface area contributed by atoms with Gasteiger partial charge >= 0.3 is 0 Å². The number of imidazole rings is 1. The molecule has 1 unspecified atom stereocenters. The average Bonchev–Trinajstić information content (AvgIpc) is 3.44. The van der Waals surface area contributed by atoms with Gasteiger partial charge in [-0.1, -0.05) is 25.7 Å². The van der Waals surface area contributed by atoms with Crippen LogP contribution in [-0.4, -0.2) is 38.4 Å². The minimum atomic E-state index is 0.360. The van der Waals surface area contributed by atoms with Gasteiger partial charge in [-0.2, -0.15) is 0 Å². The van der Waals surface area contributed by atoms with Gasteiger partial charge < -0.3 is 9.47 Å². The summed E-state index contributed by atoms with van der Waals surface area (Å²) < 4.78 is 2.29. The molecule has 2 aromatic rings. The topological polar surface area (TPSA) is 51.0 Å². The van der Waals surface area contributed by atoms with Crippen molar-refractivity contribution in [2.75, 3.05) is 13.1 Å². The Kier molecular flexibility index (Phi) is 5.55. The molecular formula is C22H30N4O. The molecule has 2 aliphatic rings. The second-order valence-electron chi connectivity index (χ2n) is 8.26. The van der Waals surface area contributed by atoms with E-state index in [2.05, 4.69) is 32.4 Å². The maximum Gasteiger partial charge on any atom is 0.222 e. The highest BCUT2D eigenvalue weighted by atomic mass is 16.2. The van der Waals surface area contributed by atoms with Gasteiger partial charge in [0.05, 0.1) is 0 Å². The monoisotopic (exact) mass is 366 g/mol. The van der Waals surface area contributed by atoms with Gasteiger partial charge in [-0.3, -0.25) is 9.78 Å². The largest absolute Gasteiger partial charge is 0.342 e. The predicted octanol–water partition coefficient (Wildman–Crippen LogP) is 4.07. The first-order chi connectivity index (χ1) is 13.2. The molecule has 0 spiro atoms. The Hall–Kier alpha value is -2.17. The van der Waals surface area contributed by atoms with E-state index in [0.717, 1.165) is 56.2 Å². The number of pyridine rings is 1. The first-order valence-electron chi connectivity index (χ1n) is 10.4. The number of likely N-dealkylation sites (tertiary alicyclic amines) is 1. The molecule has 1 aliphatic heterocycles. The Balaban J connectivity index is 1.35. The molecule has 0 N–H and O–H groups in total. The molecular weight excluding hydrogens is 336 g/mol. The van der Waals surface area contributed by atoms with E-state index in [1.165, 1.54) is 31.4 Å². The number of hydrogen-bond acceptors (Lipinski definition) is 3. The predicted molar refractivity (Wildman–Crippen MR) is 106 cm³/mol. The number of rotatable bonds is 6. The maximum atomic E-state index is 12.6. The fourth-order valence-electron chi connectivity index (χ4n) is 4.67. The number of aromatic nitrogens is 3. The molecule has 1 saturated heterocycles. The lowest BCUT2D eigenvalue weighted by atomic mass is 10.0. The molecule has 2 fully saturated rings. The van der Waals surface area contributed by atoms with Crippen molar-refractivity contribution in [3.8, 4) is 11.4 Å². The second kappa shape index (κ2) is 8.24. The van der Waals surface area contributed by atoms with Crippen molar-refractivity contribution in [1.82, 2.24) is 19.4 Å². The van der Waals surface area contributed by atoms with Crippen LogP contribution in [-0.2, 0) is 11.3 Å². The maximum absolute atomic E-state index is 12.6. The summed E-state index contributed by atoms with van der Waals surface area (Å²) in [5.74, 6) is 2.64. The van der Waals surface area contributed by atoms with Crippen molar-refractivity contribution in [3.63, 3.8) is 0 Å². The number of carbonyl (C=O) groups excluding carboxylic acids is 1. The summed E-state index contributed by atoms with van der Waals surface area (Å²) in [7, 11) is 0. The zero-order valence-corrected chi connectivity index (χ0v) is 16.3. The molecule has 1 saturated carbocycles. The van der Waals surface area contributed by atoms with Crippen LogP contribution in [0.5, 0.6) is 0 Å². The zero-order valence-electron chi connectivity index (χ0n) is 16.3. The van der Waals surface area contributed by atoms with Crippen LogP contribution in [0.25, 0.3) is 11.4 Å². The molecule has 5 nitrogen and oxygen atoms in total. The minimum absolute atomic E-state index is 0.360. The molecule has 1 atom stereocenters. The van der Waals surface area contributed by atoms with Gasteiger partial charge in [0, 0.05) is 55.9 Å². The van der Waals surface area contributed by atoms with Gasteiger partial charge in [0.15, 0.2) is 0 Å². The van der Waals surface area contributed by atoms with Crippen molar-refractivity contribution >= 4 is 5.91 Å². The molecule has 0 radical (unpaired) electrons. The highest BCUT2D eigenvalue weighted by Crippen LogP contribution is 2.29. The number of nitrogens with zero attached hydrogens (tertiary/aromatic N) is 4. The van der Waals surface area contributed by atoms with E-state index in [-0.39, 0.29) is 0 Å². The molecule has 5 heteroatoms. The SMILES string of the molecule is Cc1cnc(-c2cccnc2)n1CC1CCN(C(=O)CCC2CCCC2)C1. The van der Waals surface area contributed by atoms with Crippen LogP contribution >= 0.6 is 0 Å². The summed E-state index contributed by atoms with van der Waals surface area (Å²) in [6.07, 6.45) is 13.9. The highest BCUT2D eigenvalue weighted by Gasteiger charge is 2.28. The van der Waals surface area contributed by atoms with E-state index in [1.54, 1.807) is 6.20 Å². The number of amides is 1. The fraction of sp³-hybridized carbons (Fsp3) is 0.591. The van der Waals surface area contributed by atoms with Gasteiger partial charge in [0.25, 0.3) is 0 Å². The van der Waals surface area contributed by atoms with E-state index in [0.29, 0.717) is 11.8 Å². The van der Waals surface area contributed by atoms with Crippen LogP contribution in [0.2, 0.25) is 0 Å². The zero-order chi connectivity index (χ0) is 18.6. The fourth-order valence-corrected chi connectivity index (χ4v) is 4.67. The Morgan fingerprint density at radius 1 is 1.19 bits per heavy atom. The molecule has 1 aliphatic carbocycles. The first-order valence-corrected chi connectivity index (χ1v) is 10.4. The highest BCUT2D eigenvalue weighted by molar-refractivity contribution is 5.76. The lowest BCUT2D eigenvalue weighted by Gasteiger charge is -2.19. The Morgan fingerprint density at radius 2 is 2.04 bits per heavy atom. The average molecular weight is 367 g/mol. The lowest BCUT2D eigenvalue weighted by Crippen LogP contribution is -2.29. The van der Waals surface area contributed by atoms with Crippen molar-refractivity contribution in [2.45, 2.75) is 58.4 Å². The minimum Gasteiger partial charge on any atom is -0.342 e. The van der Waals surface area contributed by atoms with E-state index >= 15 is 0 Å². The summed E-state index contributed by atoms with van der Waals surface area (Å²) >= 11 is 0. The van der Waals surface area contributed by atoms with Crippen molar-refractivity contribution < 1.29 is 4.79 Å². The normalized spacial score (nSPS) is 20.5. The van der Waals surface area contributed by atoms with Gasteiger partial charge in [0.1, 0.15) is 5.82 Å². The lowest BCUT2D eigenvalue weighted by molar-refractivity contribution is -0.130. The summed E-state index contributed by atoms with van der Waals surface area (Å²) in [6.45, 7) is 4.81. The van der Waals surface area contributed by atoms with Crippen LogP contribution in [0.1, 0.15) is 50.6 Å². The Labute approximate surface area is 161 Å². The quantitative estimate of drug-likeness (QED) is 0.774. The van der Waals surface area contributed by atoms with Crippen LogP contribution in [0.3, 0.4) is 0 Å². The van der Waals surface area contributed by atoms with E-state index < -0.39 is 0 Å². The number of carbonyl (C=O) groups is 1. The summed E-state index contributed by atoms with van der Waals surface area (Å²) in [5, 5.41) is 0. The first kappa shape index (κ1) is 18.2. The molecule has 27 heavy (non-hydrogen) atoms. The van der Waals surface area contributed by atoms with Gasteiger partial charge in [-0.05, 0) is 43.7 Å². The Morgan fingerprint density at radius 3 is 2.81 bits per heavy atom. The van der Waals surface area contributed by atoms with Crippen LogP contribution in [0.15, 0.2) is 30.7 Å². The third-order valence-corrected chi connectivity index (χ3v) is 6.30. The van der Waals surface area contributed by atoms with E-state index in [4.69, 9.17) is 0 Å². The third-order valence-electron chi connectivity index (χ3n) is 6.30. The van der Waals surface area contributed by atoms with E-state index in [9.17, 15) is 4.79 Å². The van der Waals surface area contributed by atoms with Gasteiger partial charge in [0.2, 0.25) is 5.91 Å².